The van der Waals surface area contributed by atoms with E-state index in [-0.39, 0.29) is 35.0 Å². The van der Waals surface area contributed by atoms with Crippen LogP contribution in [0.25, 0.3) is 0 Å². The number of benzene rings is 2. The number of hydrogen-bond acceptors (Lipinski definition) is 5. The molecule has 0 spiro atoms. The molecular formula is C20H21N3O6S. The lowest BCUT2D eigenvalue weighted by Crippen LogP contribution is -2.25. The average Bonchev–Trinajstić information content (AvgIpc) is 2.87. The molecule has 2 aromatic rings. The molecule has 1 aliphatic heterocycles. The molecule has 2 amide bonds. The predicted molar refractivity (Wildman–Crippen MR) is 110 cm³/mol. The van der Waals surface area contributed by atoms with Crippen LogP contribution in [-0.2, 0) is 26.0 Å². The smallest absolute Gasteiger partial charge is 0.305 e. The van der Waals surface area contributed by atoms with E-state index in [1.807, 2.05) is 0 Å². The summed E-state index contributed by atoms with van der Waals surface area (Å²) >= 11 is 0. The van der Waals surface area contributed by atoms with Crippen LogP contribution >= 0.6 is 0 Å². The number of carboxylic acid groups (broad SMARTS) is 1. The Morgan fingerprint density at radius 1 is 1.07 bits per heavy atom. The van der Waals surface area contributed by atoms with E-state index in [1.165, 1.54) is 30.3 Å². The molecule has 30 heavy (non-hydrogen) atoms. The van der Waals surface area contributed by atoms with Crippen molar-refractivity contribution in [1.29, 1.82) is 0 Å². The third-order valence-corrected chi connectivity index (χ3v) is 5.91. The molecule has 9 nitrogen and oxygen atoms in total. The molecule has 0 saturated carbocycles. The summed E-state index contributed by atoms with van der Waals surface area (Å²) in [5, 5.41) is 13.8. The van der Waals surface area contributed by atoms with Crippen molar-refractivity contribution < 1.29 is 27.9 Å². The Bertz CT molecular complexity index is 1080. The molecule has 0 aromatic heterocycles. The Balaban J connectivity index is 1.70. The van der Waals surface area contributed by atoms with E-state index < -0.39 is 21.9 Å². The quantitative estimate of drug-likeness (QED) is 0.528. The highest BCUT2D eigenvalue weighted by Gasteiger charge is 2.19. The van der Waals surface area contributed by atoms with E-state index in [1.54, 1.807) is 12.1 Å². The van der Waals surface area contributed by atoms with Crippen LogP contribution in [0.15, 0.2) is 47.4 Å². The Morgan fingerprint density at radius 3 is 2.50 bits per heavy atom. The molecule has 0 saturated heterocycles. The molecule has 158 valence electrons. The monoisotopic (exact) mass is 431 g/mol. The highest BCUT2D eigenvalue weighted by molar-refractivity contribution is 7.92. The Kier molecular flexibility index (Phi) is 6.36. The number of rotatable bonds is 7. The highest BCUT2D eigenvalue weighted by Crippen LogP contribution is 2.26. The van der Waals surface area contributed by atoms with Crippen molar-refractivity contribution in [3.8, 4) is 0 Å². The molecule has 0 bridgehead atoms. The largest absolute Gasteiger partial charge is 0.481 e. The van der Waals surface area contributed by atoms with Gasteiger partial charge in [-0.2, -0.15) is 0 Å². The van der Waals surface area contributed by atoms with Crippen LogP contribution in [0.5, 0.6) is 0 Å². The van der Waals surface area contributed by atoms with E-state index in [0.717, 1.165) is 5.56 Å². The van der Waals surface area contributed by atoms with Gasteiger partial charge in [-0.1, -0.05) is 0 Å². The number of fused-ring (bicyclic) bond motifs is 1. The third-order valence-electron chi connectivity index (χ3n) is 4.53. The maximum atomic E-state index is 12.7. The zero-order valence-corrected chi connectivity index (χ0v) is 16.8. The minimum atomic E-state index is -3.86. The second kappa shape index (κ2) is 8.95. The molecule has 3 rings (SSSR count). The number of aryl methyl sites for hydroxylation is 1. The second-order valence-electron chi connectivity index (χ2n) is 6.80. The summed E-state index contributed by atoms with van der Waals surface area (Å²) in [5.41, 5.74) is 1.94. The minimum Gasteiger partial charge on any atom is -0.481 e. The highest BCUT2D eigenvalue weighted by atomic mass is 32.2. The van der Waals surface area contributed by atoms with Gasteiger partial charge in [-0.25, -0.2) is 8.42 Å². The minimum absolute atomic E-state index is 0.00132. The van der Waals surface area contributed by atoms with Gasteiger partial charge in [-0.3, -0.25) is 19.1 Å². The number of aliphatic carboxylic acids is 1. The van der Waals surface area contributed by atoms with Crippen molar-refractivity contribution in [1.82, 2.24) is 5.32 Å². The number of amides is 2. The van der Waals surface area contributed by atoms with Crippen molar-refractivity contribution >= 4 is 39.2 Å². The average molecular weight is 431 g/mol. The van der Waals surface area contributed by atoms with Gasteiger partial charge in [0.25, 0.3) is 15.9 Å². The first-order chi connectivity index (χ1) is 14.2. The van der Waals surface area contributed by atoms with E-state index in [9.17, 15) is 22.8 Å². The van der Waals surface area contributed by atoms with Gasteiger partial charge >= 0.3 is 5.97 Å². The fourth-order valence-electron chi connectivity index (χ4n) is 3.01. The summed E-state index contributed by atoms with van der Waals surface area (Å²) < 4.78 is 27.9. The van der Waals surface area contributed by atoms with Crippen LogP contribution in [0.2, 0.25) is 0 Å². The van der Waals surface area contributed by atoms with Crippen molar-refractivity contribution in [3.05, 3.63) is 53.6 Å². The molecule has 0 fully saturated rings. The Hall–Kier alpha value is -3.40. The number of carboxylic acids is 1. The maximum absolute atomic E-state index is 12.7. The standard InChI is InChI=1S/C20H21N3O6S/c24-18-3-1-2-14-12-16(8-9-17(14)22-18)30(28,29)23-15-6-4-13(5-7-15)20(27)21-11-10-19(25)26/h4-9,12,23H,1-3,10-11H2,(H,21,27)(H,22,24)(H,25,26). The zero-order valence-electron chi connectivity index (χ0n) is 16.0. The van der Waals surface area contributed by atoms with Gasteiger partial charge in [0, 0.05) is 29.9 Å². The van der Waals surface area contributed by atoms with Gasteiger partial charge in [0.2, 0.25) is 5.91 Å². The van der Waals surface area contributed by atoms with Crippen LogP contribution in [0.4, 0.5) is 11.4 Å². The fraction of sp³-hybridized carbons (Fsp3) is 0.250. The number of nitrogens with one attached hydrogen (secondary N) is 3. The molecule has 2 aromatic carbocycles. The molecule has 0 atom stereocenters. The van der Waals surface area contributed by atoms with Crippen molar-refractivity contribution in [2.75, 3.05) is 16.6 Å². The normalized spacial score (nSPS) is 13.5. The number of anilines is 2. The van der Waals surface area contributed by atoms with Gasteiger partial charge in [-0.05, 0) is 60.9 Å². The molecule has 1 aliphatic rings. The lowest BCUT2D eigenvalue weighted by Gasteiger charge is -2.12. The first-order valence-electron chi connectivity index (χ1n) is 9.30. The second-order valence-corrected chi connectivity index (χ2v) is 8.49. The number of carbonyl (C=O) groups is 3. The predicted octanol–water partition coefficient (Wildman–Crippen LogP) is 1.97. The molecule has 0 radical (unpaired) electrons. The van der Waals surface area contributed by atoms with Crippen LogP contribution < -0.4 is 15.4 Å². The zero-order chi connectivity index (χ0) is 21.7. The van der Waals surface area contributed by atoms with Crippen molar-refractivity contribution in [3.63, 3.8) is 0 Å². The molecule has 0 aliphatic carbocycles. The Labute approximate surface area is 173 Å². The summed E-state index contributed by atoms with van der Waals surface area (Å²) in [6, 6.07) is 10.4. The van der Waals surface area contributed by atoms with Gasteiger partial charge in [0.1, 0.15) is 0 Å². The molecule has 4 N–H and O–H groups in total. The third kappa shape index (κ3) is 5.35. The van der Waals surface area contributed by atoms with Crippen LogP contribution in [-0.4, -0.2) is 37.9 Å². The first-order valence-corrected chi connectivity index (χ1v) is 10.8. The fourth-order valence-corrected chi connectivity index (χ4v) is 4.12. The van der Waals surface area contributed by atoms with E-state index >= 15 is 0 Å². The lowest BCUT2D eigenvalue weighted by molar-refractivity contribution is -0.136. The van der Waals surface area contributed by atoms with Gasteiger partial charge < -0.3 is 15.7 Å². The van der Waals surface area contributed by atoms with Gasteiger partial charge in [0.05, 0.1) is 11.3 Å². The summed E-state index contributed by atoms with van der Waals surface area (Å²) in [7, 11) is -3.86. The molecule has 1 heterocycles. The topological polar surface area (TPSA) is 142 Å². The summed E-state index contributed by atoms with van der Waals surface area (Å²) in [5.74, 6) is -1.55. The van der Waals surface area contributed by atoms with Crippen LogP contribution in [0.3, 0.4) is 0 Å². The lowest BCUT2D eigenvalue weighted by atomic mass is 10.1. The van der Waals surface area contributed by atoms with E-state index in [0.29, 0.717) is 24.9 Å². The SMILES string of the molecule is O=C(O)CCNC(=O)c1ccc(NS(=O)(=O)c2ccc3c(c2)CCCC(=O)N3)cc1. The van der Waals surface area contributed by atoms with Gasteiger partial charge in [-0.15, -0.1) is 0 Å². The molecular weight excluding hydrogens is 410 g/mol. The Morgan fingerprint density at radius 2 is 1.80 bits per heavy atom. The van der Waals surface area contributed by atoms with Gasteiger partial charge in [0.15, 0.2) is 0 Å². The van der Waals surface area contributed by atoms with E-state index in [4.69, 9.17) is 5.11 Å². The van der Waals surface area contributed by atoms with Crippen LogP contribution in [0.1, 0.15) is 35.2 Å². The summed E-state index contributed by atoms with van der Waals surface area (Å²) in [6.45, 7) is 0.00132. The summed E-state index contributed by atoms with van der Waals surface area (Å²) in [6.07, 6.45) is 1.45. The number of carbonyl (C=O) groups excluding carboxylic acids is 2. The summed E-state index contributed by atoms with van der Waals surface area (Å²) in [4.78, 5) is 34.2. The first kappa shape index (κ1) is 21.3. The maximum Gasteiger partial charge on any atom is 0.305 e. The van der Waals surface area contributed by atoms with Crippen LogP contribution in [0, 0.1) is 0 Å². The number of sulfonamides is 1. The van der Waals surface area contributed by atoms with Crippen molar-refractivity contribution in [2.45, 2.75) is 30.6 Å². The van der Waals surface area contributed by atoms with E-state index in [2.05, 4.69) is 15.4 Å². The van der Waals surface area contributed by atoms with Crippen molar-refractivity contribution in [2.24, 2.45) is 0 Å². The molecule has 0 unspecified atom stereocenters. The number of hydrogen-bond donors (Lipinski definition) is 4. The molecule has 10 heteroatoms.